The molecule has 0 radical (unpaired) electrons. The van der Waals surface area contributed by atoms with E-state index in [9.17, 15) is 9.90 Å². The fourth-order valence-corrected chi connectivity index (χ4v) is 0.285. The highest BCUT2D eigenvalue weighted by molar-refractivity contribution is 5.82. The Kier molecular flexibility index (Phi) is 2.20. The molecule has 3 heteroatoms. The minimum Gasteiger partial charge on any atom is -0.380 e. The van der Waals surface area contributed by atoms with E-state index in [1.54, 1.807) is 13.8 Å². The molecule has 0 spiro atoms. The number of hydrogen-bond donors (Lipinski definition) is 2. The van der Waals surface area contributed by atoms with Gasteiger partial charge < -0.3 is 10.8 Å². The van der Waals surface area contributed by atoms with Gasteiger partial charge in [0.25, 0.3) is 0 Å². The monoisotopic (exact) mass is 131 g/mol. The van der Waals surface area contributed by atoms with Crippen molar-refractivity contribution in [3.63, 3.8) is 0 Å². The summed E-state index contributed by atoms with van der Waals surface area (Å²) in [6, 6.07) is 0. The molecule has 0 rings (SSSR count). The Balaban J connectivity index is 4.19. The van der Waals surface area contributed by atoms with Crippen molar-refractivity contribution in [3.8, 4) is 0 Å². The Morgan fingerprint density at radius 3 is 2.00 bits per heavy atom. The van der Waals surface area contributed by atoms with Crippen LogP contribution in [0.1, 0.15) is 20.8 Å². The van der Waals surface area contributed by atoms with E-state index < -0.39 is 11.5 Å². The number of primary amides is 1. The Bertz CT molecular complexity index is 118. The van der Waals surface area contributed by atoms with E-state index in [-0.39, 0.29) is 5.92 Å². The first-order valence-electron chi connectivity index (χ1n) is 2.91. The van der Waals surface area contributed by atoms with Crippen molar-refractivity contribution in [2.45, 2.75) is 26.4 Å². The van der Waals surface area contributed by atoms with Crippen LogP contribution in [0, 0.1) is 5.92 Å². The Morgan fingerprint density at radius 1 is 1.67 bits per heavy atom. The van der Waals surface area contributed by atoms with Gasteiger partial charge in [0, 0.05) is 0 Å². The van der Waals surface area contributed by atoms with Crippen LogP contribution in [0.5, 0.6) is 0 Å². The van der Waals surface area contributed by atoms with Crippen LogP contribution in [0.2, 0.25) is 0 Å². The van der Waals surface area contributed by atoms with Gasteiger partial charge in [-0.05, 0) is 12.8 Å². The normalized spacial score (nSPS) is 17.4. The number of amides is 1. The van der Waals surface area contributed by atoms with Gasteiger partial charge in [0.2, 0.25) is 5.91 Å². The van der Waals surface area contributed by atoms with E-state index >= 15 is 0 Å². The van der Waals surface area contributed by atoms with Crippen LogP contribution in [-0.2, 0) is 4.79 Å². The molecule has 0 aliphatic carbocycles. The zero-order valence-corrected chi connectivity index (χ0v) is 6.01. The topological polar surface area (TPSA) is 63.3 Å². The molecule has 1 atom stereocenters. The predicted octanol–water partition coefficient (Wildman–Crippen LogP) is -0.121. The zero-order chi connectivity index (χ0) is 7.65. The van der Waals surface area contributed by atoms with Crippen LogP contribution in [0.25, 0.3) is 0 Å². The summed E-state index contributed by atoms with van der Waals surface area (Å²) in [7, 11) is 0. The summed E-state index contributed by atoms with van der Waals surface area (Å²) in [5.74, 6) is -0.799. The highest BCUT2D eigenvalue weighted by Gasteiger charge is 2.31. The summed E-state index contributed by atoms with van der Waals surface area (Å²) >= 11 is 0. The molecule has 0 aliphatic heterocycles. The van der Waals surface area contributed by atoms with E-state index in [0.717, 1.165) is 0 Å². The summed E-state index contributed by atoms with van der Waals surface area (Å²) in [5, 5.41) is 9.19. The number of nitrogens with two attached hydrogens (primary N) is 1. The lowest BCUT2D eigenvalue weighted by molar-refractivity contribution is -0.138. The van der Waals surface area contributed by atoms with Gasteiger partial charge in [-0.15, -0.1) is 0 Å². The Labute approximate surface area is 54.9 Å². The van der Waals surface area contributed by atoms with Crippen molar-refractivity contribution in [1.29, 1.82) is 0 Å². The van der Waals surface area contributed by atoms with Crippen LogP contribution < -0.4 is 5.73 Å². The van der Waals surface area contributed by atoms with Gasteiger partial charge in [-0.2, -0.15) is 0 Å². The van der Waals surface area contributed by atoms with E-state index in [1.807, 2.05) is 0 Å². The summed E-state index contributed by atoms with van der Waals surface area (Å²) in [5.41, 5.74) is 3.52. The van der Waals surface area contributed by atoms with Gasteiger partial charge in [-0.1, -0.05) is 13.8 Å². The highest BCUT2D eigenvalue weighted by Crippen LogP contribution is 2.14. The molecular formula is C6H13NO2. The lowest BCUT2D eigenvalue weighted by atomic mass is 9.92. The molecule has 0 saturated carbocycles. The number of aliphatic hydroxyl groups is 1. The van der Waals surface area contributed by atoms with Crippen molar-refractivity contribution < 1.29 is 9.90 Å². The van der Waals surface area contributed by atoms with Gasteiger partial charge in [-0.3, -0.25) is 4.79 Å². The van der Waals surface area contributed by atoms with Gasteiger partial charge >= 0.3 is 0 Å². The third kappa shape index (κ3) is 1.68. The first kappa shape index (κ1) is 8.43. The minimum absolute atomic E-state index is 0.130. The fourth-order valence-electron chi connectivity index (χ4n) is 0.285. The summed E-state index contributed by atoms with van der Waals surface area (Å²) < 4.78 is 0. The van der Waals surface area contributed by atoms with Crippen molar-refractivity contribution >= 4 is 5.91 Å². The molecule has 0 aliphatic rings. The summed E-state index contributed by atoms with van der Waals surface area (Å²) in [4.78, 5) is 10.4. The third-order valence-corrected chi connectivity index (χ3v) is 1.62. The molecular weight excluding hydrogens is 118 g/mol. The number of carbonyl (C=O) groups is 1. The van der Waals surface area contributed by atoms with Gasteiger partial charge in [0.15, 0.2) is 0 Å². The molecule has 0 aromatic heterocycles. The van der Waals surface area contributed by atoms with Crippen molar-refractivity contribution in [2.24, 2.45) is 11.7 Å². The fraction of sp³-hybridized carbons (Fsp3) is 0.833. The molecule has 0 aromatic carbocycles. The molecule has 0 bridgehead atoms. The molecule has 0 heterocycles. The summed E-state index contributed by atoms with van der Waals surface area (Å²) in [6.45, 7) is 4.90. The first-order chi connectivity index (χ1) is 3.89. The second-order valence-corrected chi connectivity index (χ2v) is 2.67. The average molecular weight is 131 g/mol. The van der Waals surface area contributed by atoms with Gasteiger partial charge in [0.05, 0.1) is 0 Å². The number of rotatable bonds is 2. The van der Waals surface area contributed by atoms with E-state index in [2.05, 4.69) is 0 Å². The molecule has 0 aromatic rings. The maximum absolute atomic E-state index is 10.4. The quantitative estimate of drug-likeness (QED) is 0.548. The molecule has 1 amide bonds. The van der Waals surface area contributed by atoms with Gasteiger partial charge in [0.1, 0.15) is 5.60 Å². The third-order valence-electron chi connectivity index (χ3n) is 1.62. The van der Waals surface area contributed by atoms with Crippen molar-refractivity contribution in [2.75, 3.05) is 0 Å². The van der Waals surface area contributed by atoms with Crippen LogP contribution >= 0.6 is 0 Å². The molecule has 3 N–H and O–H groups in total. The van der Waals surface area contributed by atoms with E-state index in [1.165, 1.54) is 6.92 Å². The molecule has 0 unspecified atom stereocenters. The minimum atomic E-state index is -1.36. The standard InChI is InChI=1S/C6H13NO2/c1-4(2)6(3,9)5(7)8/h4,9H,1-3H3,(H2,7,8)/t6-/m0/s1. The largest absolute Gasteiger partial charge is 0.380 e. The molecule has 0 saturated heterocycles. The van der Waals surface area contributed by atoms with Gasteiger partial charge in [-0.25, -0.2) is 0 Å². The molecule has 0 fully saturated rings. The van der Waals surface area contributed by atoms with E-state index in [4.69, 9.17) is 5.73 Å². The van der Waals surface area contributed by atoms with Crippen LogP contribution in [0.3, 0.4) is 0 Å². The van der Waals surface area contributed by atoms with Crippen molar-refractivity contribution in [3.05, 3.63) is 0 Å². The zero-order valence-electron chi connectivity index (χ0n) is 6.01. The van der Waals surface area contributed by atoms with Crippen LogP contribution in [0.15, 0.2) is 0 Å². The second kappa shape index (κ2) is 2.35. The first-order valence-corrected chi connectivity index (χ1v) is 2.91. The smallest absolute Gasteiger partial charge is 0.249 e. The van der Waals surface area contributed by atoms with E-state index in [0.29, 0.717) is 0 Å². The maximum atomic E-state index is 10.4. The van der Waals surface area contributed by atoms with Crippen molar-refractivity contribution in [1.82, 2.24) is 0 Å². The highest BCUT2D eigenvalue weighted by atomic mass is 16.3. The average Bonchev–Trinajstić information content (AvgIpc) is 1.65. The summed E-state index contributed by atoms with van der Waals surface area (Å²) in [6.07, 6.45) is 0. The number of carbonyl (C=O) groups excluding carboxylic acids is 1. The Hall–Kier alpha value is -0.570. The maximum Gasteiger partial charge on any atom is 0.249 e. The molecule has 54 valence electrons. The number of hydrogen-bond acceptors (Lipinski definition) is 2. The lowest BCUT2D eigenvalue weighted by Crippen LogP contribution is -2.45. The molecule has 9 heavy (non-hydrogen) atoms. The second-order valence-electron chi connectivity index (χ2n) is 2.67. The molecule has 3 nitrogen and oxygen atoms in total. The van der Waals surface area contributed by atoms with Crippen LogP contribution in [-0.4, -0.2) is 16.6 Å². The SMILES string of the molecule is CC(C)[C@](C)(O)C(N)=O. The Morgan fingerprint density at radius 2 is 2.00 bits per heavy atom. The lowest BCUT2D eigenvalue weighted by Gasteiger charge is -2.22. The van der Waals surface area contributed by atoms with Crippen LogP contribution in [0.4, 0.5) is 0 Å². The predicted molar refractivity (Wildman–Crippen MR) is 34.7 cm³/mol.